The lowest BCUT2D eigenvalue weighted by atomic mass is 10.1. The molecule has 0 unspecified atom stereocenters. The first-order chi connectivity index (χ1) is 9.74. The number of benzene rings is 3. The van der Waals surface area contributed by atoms with Crippen LogP contribution in [0.5, 0.6) is 5.75 Å². The lowest BCUT2D eigenvalue weighted by molar-refractivity contribution is 0.303. The Balaban J connectivity index is 1.87. The van der Waals surface area contributed by atoms with Crippen molar-refractivity contribution in [1.82, 2.24) is 0 Å². The Bertz CT molecular complexity index is 750. The molecule has 0 heterocycles. The summed E-state index contributed by atoms with van der Waals surface area (Å²) in [5.41, 5.74) is 0.543. The summed E-state index contributed by atoms with van der Waals surface area (Å²) in [5.74, 6) is 0.505. The summed E-state index contributed by atoms with van der Waals surface area (Å²) in [4.78, 5) is 0. The fourth-order valence-corrected chi connectivity index (χ4v) is 2.45. The molecule has 3 aromatic carbocycles. The van der Waals surface area contributed by atoms with Crippen LogP contribution in [0.1, 0.15) is 5.56 Å². The van der Waals surface area contributed by atoms with E-state index in [4.69, 9.17) is 4.74 Å². The molecule has 0 saturated heterocycles. The lowest BCUT2D eigenvalue weighted by Crippen LogP contribution is -1.98. The summed E-state index contributed by atoms with van der Waals surface area (Å²) in [7, 11) is 0. The van der Waals surface area contributed by atoms with Crippen LogP contribution >= 0.6 is 15.9 Å². The van der Waals surface area contributed by atoms with Gasteiger partial charge in [0.15, 0.2) is 0 Å². The first-order valence-corrected chi connectivity index (χ1v) is 7.08. The number of hydrogen-bond acceptors (Lipinski definition) is 1. The Kier molecular flexibility index (Phi) is 3.70. The molecule has 3 heteroatoms. The monoisotopic (exact) mass is 330 g/mol. The molecule has 0 aliphatic heterocycles. The molecule has 0 fully saturated rings. The van der Waals surface area contributed by atoms with Gasteiger partial charge >= 0.3 is 0 Å². The van der Waals surface area contributed by atoms with E-state index in [1.807, 2.05) is 48.5 Å². The molecule has 100 valence electrons. The maximum atomic E-state index is 13.8. The fourth-order valence-electron chi connectivity index (χ4n) is 2.12. The third kappa shape index (κ3) is 2.68. The standard InChI is InChI=1S/C17H12BrFO/c18-14-9-8-13(16(19)10-14)11-20-17-7-3-5-12-4-1-2-6-15(12)17/h1-10H,11H2. The van der Waals surface area contributed by atoms with E-state index in [0.29, 0.717) is 5.56 Å². The van der Waals surface area contributed by atoms with Crippen LogP contribution in [0.15, 0.2) is 65.1 Å². The van der Waals surface area contributed by atoms with Gasteiger partial charge in [-0.1, -0.05) is 58.4 Å². The third-order valence-corrected chi connectivity index (χ3v) is 3.64. The zero-order valence-electron chi connectivity index (χ0n) is 10.6. The number of hydrogen-bond donors (Lipinski definition) is 0. The van der Waals surface area contributed by atoms with Crippen molar-refractivity contribution in [2.24, 2.45) is 0 Å². The summed E-state index contributed by atoms with van der Waals surface area (Å²) in [6.07, 6.45) is 0. The smallest absolute Gasteiger partial charge is 0.130 e. The van der Waals surface area contributed by atoms with Gasteiger partial charge in [0.1, 0.15) is 18.2 Å². The molecule has 0 atom stereocenters. The molecular formula is C17H12BrFO. The fraction of sp³-hybridized carbons (Fsp3) is 0.0588. The summed E-state index contributed by atoms with van der Waals surface area (Å²) in [6.45, 7) is 0.215. The van der Waals surface area contributed by atoms with E-state index in [1.165, 1.54) is 6.07 Å². The van der Waals surface area contributed by atoms with E-state index in [1.54, 1.807) is 6.07 Å². The highest BCUT2D eigenvalue weighted by Crippen LogP contribution is 2.26. The van der Waals surface area contributed by atoms with Crippen LogP contribution in [0.25, 0.3) is 10.8 Å². The first-order valence-electron chi connectivity index (χ1n) is 6.28. The van der Waals surface area contributed by atoms with Gasteiger partial charge in [-0.3, -0.25) is 0 Å². The van der Waals surface area contributed by atoms with Gasteiger partial charge in [-0.05, 0) is 23.6 Å². The Morgan fingerprint density at radius 2 is 1.75 bits per heavy atom. The molecule has 0 N–H and O–H groups in total. The second-order valence-electron chi connectivity index (χ2n) is 4.50. The van der Waals surface area contributed by atoms with Crippen molar-refractivity contribution < 1.29 is 9.13 Å². The minimum Gasteiger partial charge on any atom is -0.488 e. The third-order valence-electron chi connectivity index (χ3n) is 3.15. The van der Waals surface area contributed by atoms with Crippen molar-refractivity contribution in [1.29, 1.82) is 0 Å². The van der Waals surface area contributed by atoms with Crippen LogP contribution in [-0.4, -0.2) is 0 Å². The zero-order chi connectivity index (χ0) is 13.9. The maximum Gasteiger partial charge on any atom is 0.130 e. The molecule has 1 nitrogen and oxygen atoms in total. The van der Waals surface area contributed by atoms with E-state index >= 15 is 0 Å². The quantitative estimate of drug-likeness (QED) is 0.631. The Labute approximate surface area is 125 Å². The molecule has 0 aliphatic rings. The van der Waals surface area contributed by atoms with Crippen LogP contribution < -0.4 is 4.74 Å². The van der Waals surface area contributed by atoms with E-state index in [-0.39, 0.29) is 12.4 Å². The number of ether oxygens (including phenoxy) is 1. The molecule has 20 heavy (non-hydrogen) atoms. The molecule has 0 aliphatic carbocycles. The summed E-state index contributed by atoms with van der Waals surface area (Å²) >= 11 is 3.24. The second kappa shape index (κ2) is 5.63. The van der Waals surface area contributed by atoms with Gasteiger partial charge in [-0.2, -0.15) is 0 Å². The molecule has 3 aromatic rings. The van der Waals surface area contributed by atoms with E-state index in [9.17, 15) is 4.39 Å². The van der Waals surface area contributed by atoms with Gasteiger partial charge in [-0.15, -0.1) is 0 Å². The SMILES string of the molecule is Fc1cc(Br)ccc1COc1cccc2ccccc12. The summed E-state index contributed by atoms with van der Waals surface area (Å²) in [6, 6.07) is 18.8. The Morgan fingerprint density at radius 3 is 2.60 bits per heavy atom. The zero-order valence-corrected chi connectivity index (χ0v) is 12.2. The minimum atomic E-state index is -0.264. The highest BCUT2D eigenvalue weighted by molar-refractivity contribution is 9.10. The molecule has 3 rings (SSSR count). The predicted molar refractivity (Wildman–Crippen MR) is 82.4 cm³/mol. The topological polar surface area (TPSA) is 9.23 Å². The number of rotatable bonds is 3. The first kappa shape index (κ1) is 13.1. The molecular weight excluding hydrogens is 319 g/mol. The van der Waals surface area contributed by atoms with Crippen LogP contribution in [0.4, 0.5) is 4.39 Å². The normalized spacial score (nSPS) is 10.7. The minimum absolute atomic E-state index is 0.215. The Morgan fingerprint density at radius 1 is 0.950 bits per heavy atom. The van der Waals surface area contributed by atoms with E-state index < -0.39 is 0 Å². The largest absolute Gasteiger partial charge is 0.488 e. The van der Waals surface area contributed by atoms with Gasteiger partial charge in [0.25, 0.3) is 0 Å². The maximum absolute atomic E-state index is 13.8. The van der Waals surface area contributed by atoms with E-state index in [2.05, 4.69) is 15.9 Å². The van der Waals surface area contributed by atoms with Gasteiger partial charge in [0.2, 0.25) is 0 Å². The van der Waals surface area contributed by atoms with Crippen molar-refractivity contribution in [3.63, 3.8) is 0 Å². The van der Waals surface area contributed by atoms with Crippen molar-refractivity contribution in [2.75, 3.05) is 0 Å². The predicted octanol–water partition coefficient (Wildman–Crippen LogP) is 5.32. The highest BCUT2D eigenvalue weighted by atomic mass is 79.9. The molecule has 0 spiro atoms. The molecule has 0 radical (unpaired) electrons. The van der Waals surface area contributed by atoms with Crippen molar-refractivity contribution in [2.45, 2.75) is 6.61 Å². The Hall–Kier alpha value is -1.87. The second-order valence-corrected chi connectivity index (χ2v) is 5.42. The highest BCUT2D eigenvalue weighted by Gasteiger charge is 2.05. The number of halogens is 2. The van der Waals surface area contributed by atoms with Crippen molar-refractivity contribution in [3.8, 4) is 5.75 Å². The van der Waals surface area contributed by atoms with Crippen molar-refractivity contribution >= 4 is 26.7 Å². The van der Waals surface area contributed by atoms with Crippen LogP contribution in [0.2, 0.25) is 0 Å². The molecule has 0 saturated carbocycles. The van der Waals surface area contributed by atoms with Gasteiger partial charge < -0.3 is 4.74 Å². The van der Waals surface area contributed by atoms with Crippen LogP contribution in [-0.2, 0) is 6.61 Å². The average molecular weight is 331 g/mol. The number of fused-ring (bicyclic) bond motifs is 1. The van der Waals surface area contributed by atoms with Crippen LogP contribution in [0, 0.1) is 5.82 Å². The van der Waals surface area contributed by atoms with Crippen molar-refractivity contribution in [3.05, 3.63) is 76.5 Å². The molecule has 0 aromatic heterocycles. The van der Waals surface area contributed by atoms with Crippen LogP contribution in [0.3, 0.4) is 0 Å². The molecule has 0 bridgehead atoms. The average Bonchev–Trinajstić information content (AvgIpc) is 2.46. The molecule has 0 amide bonds. The summed E-state index contributed by atoms with van der Waals surface area (Å²) < 4.78 is 20.3. The summed E-state index contributed by atoms with van der Waals surface area (Å²) in [5, 5.41) is 2.15. The van der Waals surface area contributed by atoms with Gasteiger partial charge in [0, 0.05) is 15.4 Å². The lowest BCUT2D eigenvalue weighted by Gasteiger charge is -2.10. The van der Waals surface area contributed by atoms with Gasteiger partial charge in [-0.25, -0.2) is 4.39 Å². The van der Waals surface area contributed by atoms with E-state index in [0.717, 1.165) is 21.0 Å². The van der Waals surface area contributed by atoms with Gasteiger partial charge in [0.05, 0.1) is 0 Å².